The standard InChI is InChI=1S/C32H41BrO4SSi/c1-24-18-20-25(21-19-24)38(34)23-29-32(7,37-31(5,6)36-29)28(33)22-35-39(30(2,3)4,26-14-10-8-11-15-26)27-16-12-9-13-17-27/h8-21,28-29H,22-23H2,1-7H3/t28-,29-,32-,38?/m1/s1. The Bertz CT molecular complexity index is 1220. The number of aryl methyl sites for hydroxylation is 1. The number of hydrogen-bond donors (Lipinski definition) is 0. The summed E-state index contributed by atoms with van der Waals surface area (Å²) in [7, 11) is -3.96. The van der Waals surface area contributed by atoms with E-state index in [4.69, 9.17) is 13.9 Å². The summed E-state index contributed by atoms with van der Waals surface area (Å²) >= 11 is 3.97. The van der Waals surface area contributed by atoms with Gasteiger partial charge in [-0.2, -0.15) is 0 Å². The van der Waals surface area contributed by atoms with Gasteiger partial charge in [0, 0.05) is 4.90 Å². The molecule has 0 saturated carbocycles. The number of hydrogen-bond acceptors (Lipinski definition) is 4. The van der Waals surface area contributed by atoms with Gasteiger partial charge in [-0.25, -0.2) is 0 Å². The van der Waals surface area contributed by atoms with Crippen molar-refractivity contribution in [3.8, 4) is 0 Å². The van der Waals surface area contributed by atoms with Gasteiger partial charge in [0.05, 0.1) is 28.0 Å². The first-order chi connectivity index (χ1) is 18.3. The van der Waals surface area contributed by atoms with E-state index in [1.165, 1.54) is 10.4 Å². The summed E-state index contributed by atoms with van der Waals surface area (Å²) in [6.07, 6.45) is -0.387. The van der Waals surface area contributed by atoms with Gasteiger partial charge in [0.25, 0.3) is 8.32 Å². The fourth-order valence-corrected chi connectivity index (χ4v) is 12.2. The van der Waals surface area contributed by atoms with Gasteiger partial charge in [0.15, 0.2) is 5.79 Å². The molecule has 3 aromatic rings. The molecule has 1 unspecified atom stereocenters. The second-order valence-electron chi connectivity index (χ2n) is 12.1. The smallest absolute Gasteiger partial charge is 0.261 e. The van der Waals surface area contributed by atoms with Crippen molar-refractivity contribution in [2.24, 2.45) is 0 Å². The van der Waals surface area contributed by atoms with E-state index in [0.717, 1.165) is 10.5 Å². The maximum atomic E-state index is 13.4. The Labute approximate surface area is 246 Å². The lowest BCUT2D eigenvalue weighted by molar-refractivity contribution is -0.160. The monoisotopic (exact) mass is 628 g/mol. The van der Waals surface area contributed by atoms with Gasteiger partial charge in [0.1, 0.15) is 11.7 Å². The summed E-state index contributed by atoms with van der Waals surface area (Å²) < 4.78 is 33.5. The Balaban J connectivity index is 1.65. The molecule has 7 heteroatoms. The Morgan fingerprint density at radius 3 is 1.92 bits per heavy atom. The molecule has 0 radical (unpaired) electrons. The van der Waals surface area contributed by atoms with Crippen LogP contribution in [0.25, 0.3) is 0 Å². The minimum Gasteiger partial charge on any atom is -0.406 e. The van der Waals surface area contributed by atoms with Crippen molar-refractivity contribution in [2.45, 2.75) is 80.7 Å². The zero-order valence-electron chi connectivity index (χ0n) is 24.1. The normalized spacial score (nSPS) is 22.9. The average molecular weight is 630 g/mol. The summed E-state index contributed by atoms with van der Waals surface area (Å²) in [5.41, 5.74) is 0.387. The van der Waals surface area contributed by atoms with E-state index in [2.05, 4.69) is 97.4 Å². The van der Waals surface area contributed by atoms with E-state index in [0.29, 0.717) is 12.4 Å². The molecule has 1 fully saturated rings. The summed E-state index contributed by atoms with van der Waals surface area (Å²) in [5, 5.41) is 2.33. The van der Waals surface area contributed by atoms with Crippen LogP contribution in [0.5, 0.6) is 0 Å². The highest BCUT2D eigenvalue weighted by atomic mass is 79.9. The first-order valence-corrected chi connectivity index (χ1v) is 17.6. The minimum absolute atomic E-state index is 0.137. The number of halogens is 1. The first kappa shape index (κ1) is 30.3. The third-order valence-corrected chi connectivity index (χ3v) is 15.2. The molecule has 0 spiro atoms. The summed E-state index contributed by atoms with van der Waals surface area (Å²) in [4.78, 5) is 0.597. The molecule has 4 nitrogen and oxygen atoms in total. The van der Waals surface area contributed by atoms with E-state index < -0.39 is 30.5 Å². The minimum atomic E-state index is -2.73. The highest BCUT2D eigenvalue weighted by Gasteiger charge is 2.56. The Hall–Kier alpha value is -1.61. The number of alkyl halides is 1. The third-order valence-electron chi connectivity index (χ3n) is 7.60. The number of ether oxygens (including phenoxy) is 2. The molecule has 0 amide bonds. The molecule has 1 heterocycles. The van der Waals surface area contributed by atoms with Crippen LogP contribution < -0.4 is 10.4 Å². The van der Waals surface area contributed by atoms with Crippen LogP contribution in [0.15, 0.2) is 89.8 Å². The van der Waals surface area contributed by atoms with Gasteiger partial charge < -0.3 is 13.9 Å². The van der Waals surface area contributed by atoms with E-state index in [1.54, 1.807) is 0 Å². The number of rotatable bonds is 9. The highest BCUT2D eigenvalue weighted by Crippen LogP contribution is 2.43. The van der Waals surface area contributed by atoms with Crippen molar-refractivity contribution in [1.29, 1.82) is 0 Å². The van der Waals surface area contributed by atoms with Gasteiger partial charge in [-0.3, -0.25) is 4.21 Å². The molecule has 0 N–H and O–H groups in total. The van der Waals surface area contributed by atoms with Crippen LogP contribution in [0.1, 0.15) is 47.1 Å². The van der Waals surface area contributed by atoms with E-state index in [1.807, 2.05) is 52.0 Å². The molecule has 39 heavy (non-hydrogen) atoms. The largest absolute Gasteiger partial charge is 0.406 e. The molecule has 0 bridgehead atoms. The molecule has 0 aromatic heterocycles. The van der Waals surface area contributed by atoms with E-state index in [9.17, 15) is 4.21 Å². The first-order valence-electron chi connectivity index (χ1n) is 13.5. The Morgan fingerprint density at radius 2 is 1.44 bits per heavy atom. The molecule has 0 aliphatic carbocycles. The van der Waals surface area contributed by atoms with Crippen molar-refractivity contribution < 1.29 is 18.1 Å². The molecule has 4 rings (SSSR count). The van der Waals surface area contributed by atoms with Crippen LogP contribution in [0.3, 0.4) is 0 Å². The third kappa shape index (κ3) is 6.34. The lowest BCUT2D eigenvalue weighted by atomic mass is 9.96. The summed E-state index contributed by atoms with van der Waals surface area (Å²) in [6.45, 7) is 15.2. The molecule has 210 valence electrons. The van der Waals surface area contributed by atoms with Gasteiger partial charge in [0.2, 0.25) is 0 Å². The summed E-state index contributed by atoms with van der Waals surface area (Å²) in [6, 6.07) is 29.1. The predicted molar refractivity (Wildman–Crippen MR) is 167 cm³/mol. The Morgan fingerprint density at radius 1 is 0.923 bits per heavy atom. The zero-order valence-corrected chi connectivity index (χ0v) is 27.5. The fraction of sp³-hybridized carbons (Fsp3) is 0.438. The zero-order chi connectivity index (χ0) is 28.5. The quantitative estimate of drug-likeness (QED) is 0.204. The van der Waals surface area contributed by atoms with Gasteiger partial charge in [-0.15, -0.1) is 0 Å². The fourth-order valence-electron chi connectivity index (χ4n) is 5.59. The second-order valence-corrected chi connectivity index (χ2v) is 19.0. The topological polar surface area (TPSA) is 44.8 Å². The Kier molecular flexibility index (Phi) is 9.11. The summed E-state index contributed by atoms with van der Waals surface area (Å²) in [5.74, 6) is -0.468. The van der Waals surface area contributed by atoms with Gasteiger partial charge in [-0.05, 0) is 55.2 Å². The van der Waals surface area contributed by atoms with Crippen molar-refractivity contribution in [2.75, 3.05) is 12.4 Å². The predicted octanol–water partition coefficient (Wildman–Crippen LogP) is 6.35. The average Bonchev–Trinajstić information content (AvgIpc) is 3.13. The number of benzene rings is 3. The molecule has 1 aliphatic heterocycles. The molecule has 1 aliphatic rings. The van der Waals surface area contributed by atoms with Crippen LogP contribution in [0, 0.1) is 6.92 Å². The molecule has 4 atom stereocenters. The maximum absolute atomic E-state index is 13.4. The van der Waals surface area contributed by atoms with Crippen LogP contribution in [-0.2, 0) is 24.7 Å². The van der Waals surface area contributed by atoms with Crippen molar-refractivity contribution in [1.82, 2.24) is 0 Å². The van der Waals surface area contributed by atoms with Crippen molar-refractivity contribution >= 4 is 45.4 Å². The van der Waals surface area contributed by atoms with Gasteiger partial charge in [-0.1, -0.05) is 115 Å². The van der Waals surface area contributed by atoms with Crippen LogP contribution in [-0.4, -0.2) is 47.2 Å². The highest BCUT2D eigenvalue weighted by molar-refractivity contribution is 9.09. The maximum Gasteiger partial charge on any atom is 0.261 e. The second kappa shape index (κ2) is 11.7. The lowest BCUT2D eigenvalue weighted by Gasteiger charge is -2.44. The van der Waals surface area contributed by atoms with E-state index in [-0.39, 0.29) is 16.0 Å². The van der Waals surface area contributed by atoms with Crippen molar-refractivity contribution in [3.05, 3.63) is 90.5 Å². The lowest BCUT2D eigenvalue weighted by Crippen LogP contribution is -2.67. The van der Waals surface area contributed by atoms with Crippen LogP contribution in [0.2, 0.25) is 5.04 Å². The molecule has 3 aromatic carbocycles. The van der Waals surface area contributed by atoms with Crippen molar-refractivity contribution in [3.63, 3.8) is 0 Å². The van der Waals surface area contributed by atoms with E-state index >= 15 is 0 Å². The van der Waals surface area contributed by atoms with Crippen LogP contribution in [0.4, 0.5) is 0 Å². The molecule has 1 saturated heterocycles. The molecular formula is C32H41BrO4SSi. The molecular weight excluding hydrogens is 588 g/mol. The van der Waals surface area contributed by atoms with Crippen LogP contribution >= 0.6 is 15.9 Å². The SMILES string of the molecule is Cc1ccc(S(=O)C[C@H]2OC(C)(C)O[C@]2(C)[C@H](Br)CO[Si](c2ccccc2)(c2ccccc2)C(C)(C)C)cc1. The van der Waals surface area contributed by atoms with Gasteiger partial charge >= 0.3 is 0 Å².